The fraction of sp³-hybridized carbons (Fsp3) is 0.615. The summed E-state index contributed by atoms with van der Waals surface area (Å²) in [6.07, 6.45) is 4.12. The van der Waals surface area contributed by atoms with Gasteiger partial charge in [0.15, 0.2) is 4.34 Å². The van der Waals surface area contributed by atoms with Gasteiger partial charge in [0.2, 0.25) is 11.0 Å². The maximum absolute atomic E-state index is 12.1. The number of nitrogens with zero attached hydrogens (tertiary/aromatic N) is 3. The molecule has 1 aromatic rings. The van der Waals surface area contributed by atoms with Crippen molar-refractivity contribution in [2.75, 3.05) is 30.7 Å². The lowest BCUT2D eigenvalue weighted by Gasteiger charge is -2.30. The number of anilines is 1. The highest BCUT2D eigenvalue weighted by atomic mass is 32.2. The molecule has 0 bridgehead atoms. The molecule has 1 fully saturated rings. The zero-order valence-corrected chi connectivity index (χ0v) is 13.3. The number of carbonyl (C=O) groups is 1. The Labute approximate surface area is 127 Å². The van der Waals surface area contributed by atoms with Crippen LogP contribution in [-0.4, -0.2) is 46.4 Å². The molecule has 1 amide bonds. The van der Waals surface area contributed by atoms with Gasteiger partial charge in [-0.2, -0.15) is 0 Å². The SMILES string of the molecule is C=CCNc1nnc(SCC(=O)N2CCCC(C)C2)s1. The minimum atomic E-state index is 0.206. The molecule has 1 aliphatic heterocycles. The van der Waals surface area contributed by atoms with Gasteiger partial charge in [-0.25, -0.2) is 0 Å². The predicted molar refractivity (Wildman–Crippen MR) is 84.3 cm³/mol. The van der Waals surface area contributed by atoms with E-state index < -0.39 is 0 Å². The zero-order valence-electron chi connectivity index (χ0n) is 11.7. The van der Waals surface area contributed by atoms with Gasteiger partial charge in [-0.15, -0.1) is 16.8 Å². The molecule has 0 spiro atoms. The summed E-state index contributed by atoms with van der Waals surface area (Å²) in [5, 5.41) is 11.9. The number of thioether (sulfide) groups is 1. The van der Waals surface area contributed by atoms with Crippen LogP contribution in [0.2, 0.25) is 0 Å². The summed E-state index contributed by atoms with van der Waals surface area (Å²) in [4.78, 5) is 14.1. The van der Waals surface area contributed by atoms with E-state index in [1.54, 1.807) is 6.08 Å². The first-order valence-electron chi connectivity index (χ1n) is 6.78. The van der Waals surface area contributed by atoms with E-state index in [-0.39, 0.29) is 5.91 Å². The molecule has 0 aromatic carbocycles. The van der Waals surface area contributed by atoms with E-state index in [9.17, 15) is 4.79 Å². The topological polar surface area (TPSA) is 58.1 Å². The molecule has 1 atom stereocenters. The van der Waals surface area contributed by atoms with Crippen LogP contribution in [0, 0.1) is 5.92 Å². The van der Waals surface area contributed by atoms with Crippen LogP contribution in [0.4, 0.5) is 5.13 Å². The molecule has 1 saturated heterocycles. The number of rotatable bonds is 6. The van der Waals surface area contributed by atoms with E-state index in [0.717, 1.165) is 29.0 Å². The van der Waals surface area contributed by atoms with Gasteiger partial charge in [-0.1, -0.05) is 36.1 Å². The summed E-state index contributed by atoms with van der Waals surface area (Å²) in [6, 6.07) is 0. The first kappa shape index (κ1) is 15.3. The number of amides is 1. The Morgan fingerprint density at radius 1 is 1.65 bits per heavy atom. The van der Waals surface area contributed by atoms with Gasteiger partial charge in [0, 0.05) is 19.6 Å². The lowest BCUT2D eigenvalue weighted by atomic mass is 10.0. The van der Waals surface area contributed by atoms with Crippen LogP contribution in [0.15, 0.2) is 17.0 Å². The maximum atomic E-state index is 12.1. The van der Waals surface area contributed by atoms with Crippen molar-refractivity contribution in [1.29, 1.82) is 0 Å². The highest BCUT2D eigenvalue weighted by molar-refractivity contribution is 8.01. The van der Waals surface area contributed by atoms with E-state index in [1.807, 2.05) is 4.90 Å². The standard InChI is InChI=1S/C13H20N4OS2/c1-3-6-14-12-15-16-13(20-12)19-9-11(18)17-7-4-5-10(2)8-17/h3,10H,1,4-9H2,2H3,(H,14,15). The van der Waals surface area contributed by atoms with Crippen molar-refractivity contribution in [3.8, 4) is 0 Å². The quantitative estimate of drug-likeness (QED) is 0.646. The number of hydrogen-bond acceptors (Lipinski definition) is 6. The Morgan fingerprint density at radius 2 is 2.50 bits per heavy atom. The zero-order chi connectivity index (χ0) is 14.4. The summed E-state index contributed by atoms with van der Waals surface area (Å²) in [5.74, 6) is 1.27. The maximum Gasteiger partial charge on any atom is 0.233 e. The fourth-order valence-corrected chi connectivity index (χ4v) is 3.79. The molecule has 1 unspecified atom stereocenters. The molecule has 5 nitrogen and oxygen atoms in total. The fourth-order valence-electron chi connectivity index (χ4n) is 2.13. The van der Waals surface area contributed by atoms with E-state index in [4.69, 9.17) is 0 Å². The van der Waals surface area contributed by atoms with Crippen molar-refractivity contribution >= 4 is 34.1 Å². The van der Waals surface area contributed by atoms with Crippen LogP contribution in [0.1, 0.15) is 19.8 Å². The lowest BCUT2D eigenvalue weighted by molar-refractivity contribution is -0.130. The minimum absolute atomic E-state index is 0.206. The van der Waals surface area contributed by atoms with Crippen molar-refractivity contribution in [1.82, 2.24) is 15.1 Å². The molecule has 1 N–H and O–H groups in total. The third kappa shape index (κ3) is 4.49. The number of nitrogens with one attached hydrogen (secondary N) is 1. The Kier molecular flexibility index (Phi) is 5.85. The lowest BCUT2D eigenvalue weighted by Crippen LogP contribution is -2.40. The van der Waals surface area contributed by atoms with E-state index in [1.165, 1.54) is 29.5 Å². The molecule has 1 aliphatic rings. The molecular formula is C13H20N4OS2. The van der Waals surface area contributed by atoms with E-state index in [2.05, 4.69) is 29.0 Å². The Hall–Kier alpha value is -1.08. The summed E-state index contributed by atoms with van der Waals surface area (Å²) >= 11 is 2.94. The van der Waals surface area contributed by atoms with Crippen LogP contribution >= 0.6 is 23.1 Å². The molecule has 0 radical (unpaired) electrons. The Bertz CT molecular complexity index is 463. The number of piperidine rings is 1. The summed E-state index contributed by atoms with van der Waals surface area (Å²) in [7, 11) is 0. The largest absolute Gasteiger partial charge is 0.357 e. The van der Waals surface area contributed by atoms with Crippen molar-refractivity contribution in [3.63, 3.8) is 0 Å². The molecule has 2 heterocycles. The molecule has 2 rings (SSSR count). The average molecular weight is 312 g/mol. The van der Waals surface area contributed by atoms with Crippen LogP contribution in [-0.2, 0) is 4.79 Å². The van der Waals surface area contributed by atoms with Gasteiger partial charge in [-0.05, 0) is 18.8 Å². The smallest absolute Gasteiger partial charge is 0.233 e. The number of likely N-dealkylation sites (tertiary alicyclic amines) is 1. The molecule has 0 saturated carbocycles. The van der Waals surface area contributed by atoms with Crippen LogP contribution in [0.5, 0.6) is 0 Å². The third-order valence-electron chi connectivity index (χ3n) is 3.13. The second kappa shape index (κ2) is 7.64. The molecule has 110 valence electrons. The molecule has 1 aromatic heterocycles. The first-order valence-corrected chi connectivity index (χ1v) is 8.58. The van der Waals surface area contributed by atoms with E-state index >= 15 is 0 Å². The molecule has 7 heteroatoms. The second-order valence-electron chi connectivity index (χ2n) is 4.92. The Morgan fingerprint density at radius 3 is 3.25 bits per heavy atom. The van der Waals surface area contributed by atoms with Gasteiger partial charge in [0.1, 0.15) is 0 Å². The van der Waals surface area contributed by atoms with Gasteiger partial charge in [0.25, 0.3) is 0 Å². The van der Waals surface area contributed by atoms with Crippen LogP contribution in [0.3, 0.4) is 0 Å². The third-order valence-corrected chi connectivity index (χ3v) is 5.13. The second-order valence-corrected chi connectivity index (χ2v) is 7.12. The van der Waals surface area contributed by atoms with Crippen molar-refractivity contribution < 1.29 is 4.79 Å². The normalized spacial score (nSPS) is 18.9. The summed E-state index contributed by atoms with van der Waals surface area (Å²) in [5.41, 5.74) is 0. The predicted octanol–water partition coefficient (Wildman–Crippen LogP) is 2.49. The Balaban J connectivity index is 1.77. The summed E-state index contributed by atoms with van der Waals surface area (Å²) < 4.78 is 0.829. The van der Waals surface area contributed by atoms with Crippen molar-refractivity contribution in [2.45, 2.75) is 24.1 Å². The molecular weight excluding hydrogens is 292 g/mol. The van der Waals surface area contributed by atoms with Gasteiger partial charge >= 0.3 is 0 Å². The minimum Gasteiger partial charge on any atom is -0.357 e. The number of hydrogen-bond donors (Lipinski definition) is 1. The van der Waals surface area contributed by atoms with E-state index in [0.29, 0.717) is 18.2 Å². The molecule has 20 heavy (non-hydrogen) atoms. The summed E-state index contributed by atoms with van der Waals surface area (Å²) in [6.45, 7) is 8.30. The van der Waals surface area contributed by atoms with Gasteiger partial charge in [-0.3, -0.25) is 4.79 Å². The van der Waals surface area contributed by atoms with Crippen LogP contribution in [0.25, 0.3) is 0 Å². The number of carbonyl (C=O) groups excluding carboxylic acids is 1. The average Bonchev–Trinajstić information content (AvgIpc) is 2.90. The van der Waals surface area contributed by atoms with Crippen molar-refractivity contribution in [2.24, 2.45) is 5.92 Å². The van der Waals surface area contributed by atoms with Gasteiger partial charge in [0.05, 0.1) is 5.75 Å². The highest BCUT2D eigenvalue weighted by Gasteiger charge is 2.21. The van der Waals surface area contributed by atoms with Crippen molar-refractivity contribution in [3.05, 3.63) is 12.7 Å². The highest BCUT2D eigenvalue weighted by Crippen LogP contribution is 2.26. The monoisotopic (exact) mass is 312 g/mol. The van der Waals surface area contributed by atoms with Gasteiger partial charge < -0.3 is 10.2 Å². The first-order chi connectivity index (χ1) is 9.69. The van der Waals surface area contributed by atoms with Crippen LogP contribution < -0.4 is 5.32 Å². The number of aromatic nitrogens is 2. The molecule has 0 aliphatic carbocycles.